The van der Waals surface area contributed by atoms with E-state index in [0.29, 0.717) is 47.3 Å². The molecule has 0 aromatic heterocycles. The van der Waals surface area contributed by atoms with Crippen molar-refractivity contribution in [1.82, 2.24) is 9.62 Å². The Hall–Kier alpha value is -3.05. The number of likely N-dealkylation sites (tertiary alicyclic amines) is 1. The third-order valence-corrected chi connectivity index (χ3v) is 10.2. The molecule has 1 saturated heterocycles. The summed E-state index contributed by atoms with van der Waals surface area (Å²) >= 11 is 5.99. The topological polar surface area (TPSA) is 102 Å². The minimum Gasteiger partial charge on any atom is -0.493 e. The number of halogens is 3. The summed E-state index contributed by atoms with van der Waals surface area (Å²) < 4.78 is 67.8. The molecule has 1 heterocycles. The van der Waals surface area contributed by atoms with Crippen LogP contribution in [0.15, 0.2) is 77.7 Å². The summed E-state index contributed by atoms with van der Waals surface area (Å²) in [5.74, 6) is -3.94. The normalized spacial score (nSPS) is 17.8. The van der Waals surface area contributed by atoms with Gasteiger partial charge in [0.15, 0.2) is 6.04 Å². The maximum Gasteiger partial charge on any atom is 0.298 e. The van der Waals surface area contributed by atoms with E-state index in [2.05, 4.69) is 4.72 Å². The van der Waals surface area contributed by atoms with Crippen LogP contribution in [-0.4, -0.2) is 51.0 Å². The standard InChI is InChI=1S/C33H38ClF2N3O4S/c34-27-11-9-24(10-12-27)25-7-4-8-26(21-25)33(35,36)31(32(40)39-19-17-28(37)18-20-39)38-44(41,42)30-15-13-29(14-16-30)43-22-23-5-2-1-3-6-23/h4,7-16,21,23,28,31,38H,1-3,5-6,17-20,22,37H2/t31-/m1/s1. The van der Waals surface area contributed by atoms with Crippen molar-refractivity contribution in [3.63, 3.8) is 0 Å². The molecule has 5 rings (SSSR count). The van der Waals surface area contributed by atoms with Crippen molar-refractivity contribution in [3.8, 4) is 16.9 Å². The number of hydrogen-bond donors (Lipinski definition) is 2. The van der Waals surface area contributed by atoms with Gasteiger partial charge in [-0.15, -0.1) is 0 Å². The van der Waals surface area contributed by atoms with Gasteiger partial charge in [-0.2, -0.15) is 13.5 Å². The lowest BCUT2D eigenvalue weighted by atomic mass is 9.90. The van der Waals surface area contributed by atoms with E-state index in [9.17, 15) is 13.2 Å². The van der Waals surface area contributed by atoms with E-state index in [1.165, 1.54) is 66.6 Å². The Morgan fingerprint density at radius 2 is 1.61 bits per heavy atom. The minimum absolute atomic E-state index is 0.149. The van der Waals surface area contributed by atoms with Gasteiger partial charge >= 0.3 is 0 Å². The van der Waals surface area contributed by atoms with Crippen molar-refractivity contribution in [1.29, 1.82) is 0 Å². The number of piperidine rings is 1. The quantitative estimate of drug-likeness (QED) is 0.267. The van der Waals surface area contributed by atoms with Gasteiger partial charge < -0.3 is 15.4 Å². The molecule has 236 valence electrons. The van der Waals surface area contributed by atoms with Gasteiger partial charge in [0, 0.05) is 29.7 Å². The highest BCUT2D eigenvalue weighted by atomic mass is 35.5. The maximum absolute atomic E-state index is 16.4. The first kappa shape index (κ1) is 32.3. The zero-order chi connectivity index (χ0) is 31.3. The Labute approximate surface area is 262 Å². The number of sulfonamides is 1. The summed E-state index contributed by atoms with van der Waals surface area (Å²) in [5.41, 5.74) is 6.59. The fourth-order valence-corrected chi connectivity index (χ4v) is 7.12. The molecule has 0 radical (unpaired) electrons. The number of hydrogen-bond acceptors (Lipinski definition) is 5. The second kappa shape index (κ2) is 13.9. The first-order chi connectivity index (χ1) is 21.0. The molecule has 1 saturated carbocycles. The molecule has 1 amide bonds. The Bertz CT molecular complexity index is 1520. The molecule has 3 N–H and O–H groups in total. The van der Waals surface area contributed by atoms with Crippen LogP contribution < -0.4 is 15.2 Å². The van der Waals surface area contributed by atoms with Crippen LogP contribution in [0.4, 0.5) is 8.78 Å². The summed E-state index contributed by atoms with van der Waals surface area (Å²) in [4.78, 5) is 14.7. The first-order valence-corrected chi connectivity index (χ1v) is 16.9. The van der Waals surface area contributed by atoms with Gasteiger partial charge in [0.25, 0.3) is 5.92 Å². The fourth-order valence-electron chi connectivity index (χ4n) is 5.80. The Kier molecular flexibility index (Phi) is 10.2. The smallest absolute Gasteiger partial charge is 0.298 e. The molecule has 11 heteroatoms. The van der Waals surface area contributed by atoms with E-state index >= 15 is 8.78 Å². The summed E-state index contributed by atoms with van der Waals surface area (Å²) in [6.45, 7) is 0.861. The highest BCUT2D eigenvalue weighted by Crippen LogP contribution is 2.36. The van der Waals surface area contributed by atoms with Crippen molar-refractivity contribution >= 4 is 27.5 Å². The lowest BCUT2D eigenvalue weighted by Crippen LogP contribution is -2.58. The van der Waals surface area contributed by atoms with E-state index in [-0.39, 0.29) is 24.0 Å². The van der Waals surface area contributed by atoms with Crippen molar-refractivity contribution in [2.24, 2.45) is 11.7 Å². The lowest BCUT2D eigenvalue weighted by Gasteiger charge is -2.35. The van der Waals surface area contributed by atoms with Gasteiger partial charge in [-0.05, 0) is 85.2 Å². The molecule has 2 fully saturated rings. The average Bonchev–Trinajstić information content (AvgIpc) is 3.04. The molecular weight excluding hydrogens is 608 g/mol. The zero-order valence-corrected chi connectivity index (χ0v) is 26.0. The SMILES string of the molecule is NC1CCN(C(=O)[C@@H](NS(=O)(=O)c2ccc(OCC3CCCCC3)cc2)C(F)(F)c2cccc(-c3ccc(Cl)cc3)c2)CC1. The zero-order valence-electron chi connectivity index (χ0n) is 24.4. The molecule has 1 atom stereocenters. The molecule has 0 unspecified atom stereocenters. The number of ether oxygens (including phenoxy) is 1. The number of carbonyl (C=O) groups is 1. The maximum atomic E-state index is 16.4. The van der Waals surface area contributed by atoms with Gasteiger partial charge in [0.1, 0.15) is 5.75 Å². The summed E-state index contributed by atoms with van der Waals surface area (Å²) in [7, 11) is -4.54. The molecule has 3 aromatic rings. The van der Waals surface area contributed by atoms with Crippen LogP contribution in [0.3, 0.4) is 0 Å². The monoisotopic (exact) mass is 645 g/mol. The van der Waals surface area contributed by atoms with Gasteiger partial charge in [-0.3, -0.25) is 4.79 Å². The number of rotatable bonds is 10. The summed E-state index contributed by atoms with van der Waals surface area (Å²) in [6.07, 6.45) is 6.67. The minimum atomic E-state index is -4.54. The van der Waals surface area contributed by atoms with E-state index in [1.54, 1.807) is 30.3 Å². The Morgan fingerprint density at radius 1 is 0.955 bits per heavy atom. The predicted molar refractivity (Wildman–Crippen MR) is 167 cm³/mol. The number of alkyl halides is 2. The number of benzene rings is 3. The molecule has 44 heavy (non-hydrogen) atoms. The molecule has 7 nitrogen and oxygen atoms in total. The molecule has 1 aliphatic heterocycles. The number of nitrogens with zero attached hydrogens (tertiary/aromatic N) is 1. The highest BCUT2D eigenvalue weighted by Gasteiger charge is 2.50. The predicted octanol–water partition coefficient (Wildman–Crippen LogP) is 6.35. The van der Waals surface area contributed by atoms with Crippen LogP contribution in [0.25, 0.3) is 11.1 Å². The second-order valence-corrected chi connectivity index (χ2v) is 13.9. The van der Waals surface area contributed by atoms with Crippen LogP contribution in [0.2, 0.25) is 5.02 Å². The largest absolute Gasteiger partial charge is 0.493 e. The van der Waals surface area contributed by atoms with Crippen LogP contribution in [0, 0.1) is 5.92 Å². The third kappa shape index (κ3) is 7.77. The van der Waals surface area contributed by atoms with Crippen LogP contribution in [0.5, 0.6) is 5.75 Å². The summed E-state index contributed by atoms with van der Waals surface area (Å²) in [5, 5.41) is 0.500. The molecule has 0 spiro atoms. The number of carbonyl (C=O) groups excluding carboxylic acids is 1. The first-order valence-electron chi connectivity index (χ1n) is 15.1. The molecule has 2 aliphatic rings. The number of nitrogens with two attached hydrogens (primary N) is 1. The van der Waals surface area contributed by atoms with Crippen LogP contribution in [0.1, 0.15) is 50.5 Å². The number of amides is 1. The summed E-state index contributed by atoms with van der Waals surface area (Å²) in [6, 6.07) is 15.4. The van der Waals surface area contributed by atoms with Crippen LogP contribution >= 0.6 is 11.6 Å². The van der Waals surface area contributed by atoms with E-state index in [4.69, 9.17) is 22.1 Å². The van der Waals surface area contributed by atoms with Gasteiger partial charge in [0.2, 0.25) is 15.9 Å². The Balaban J connectivity index is 1.40. The number of nitrogens with one attached hydrogen (secondary N) is 1. The van der Waals surface area contributed by atoms with Crippen molar-refractivity contribution in [2.45, 2.75) is 67.8 Å². The van der Waals surface area contributed by atoms with E-state index in [0.717, 1.165) is 12.8 Å². The van der Waals surface area contributed by atoms with Crippen molar-refractivity contribution < 1.29 is 26.7 Å². The van der Waals surface area contributed by atoms with Crippen LogP contribution in [-0.2, 0) is 20.7 Å². The fraction of sp³-hybridized carbons (Fsp3) is 0.424. The van der Waals surface area contributed by atoms with Crippen molar-refractivity contribution in [2.75, 3.05) is 19.7 Å². The Morgan fingerprint density at radius 3 is 2.27 bits per heavy atom. The highest BCUT2D eigenvalue weighted by molar-refractivity contribution is 7.89. The van der Waals surface area contributed by atoms with Gasteiger partial charge in [-0.25, -0.2) is 8.42 Å². The molecule has 3 aromatic carbocycles. The van der Waals surface area contributed by atoms with Gasteiger partial charge in [-0.1, -0.05) is 61.2 Å². The molecule has 1 aliphatic carbocycles. The average molecular weight is 646 g/mol. The lowest BCUT2D eigenvalue weighted by molar-refractivity contribution is -0.145. The molecule has 0 bridgehead atoms. The van der Waals surface area contributed by atoms with Crippen molar-refractivity contribution in [3.05, 3.63) is 83.4 Å². The third-order valence-electron chi connectivity index (χ3n) is 8.50. The van der Waals surface area contributed by atoms with Gasteiger partial charge in [0.05, 0.1) is 11.5 Å². The molecular formula is C33H38ClF2N3O4S. The van der Waals surface area contributed by atoms with E-state index in [1.807, 2.05) is 0 Å². The second-order valence-electron chi connectivity index (χ2n) is 11.7. The van der Waals surface area contributed by atoms with E-state index < -0.39 is 33.5 Å².